The molecule has 0 atom stereocenters. The number of nitrogens with zero attached hydrogens (tertiary/aromatic N) is 2. The Morgan fingerprint density at radius 3 is 2.48 bits per heavy atom. The molecule has 0 spiro atoms. The van der Waals surface area contributed by atoms with Crippen molar-refractivity contribution < 1.29 is 18.0 Å². The van der Waals surface area contributed by atoms with Crippen molar-refractivity contribution in [2.24, 2.45) is 7.05 Å². The van der Waals surface area contributed by atoms with Crippen molar-refractivity contribution in [3.05, 3.63) is 40.2 Å². The molecule has 3 N–H and O–H groups in total. The van der Waals surface area contributed by atoms with Gasteiger partial charge in [-0.25, -0.2) is 13.1 Å². The van der Waals surface area contributed by atoms with Crippen LogP contribution in [0.4, 0.5) is 5.69 Å². The van der Waals surface area contributed by atoms with Crippen molar-refractivity contribution in [2.75, 3.05) is 18.9 Å². The number of benzene rings is 1. The molecule has 0 aliphatic rings. The molecule has 1 aromatic carbocycles. The average molecular weight is 414 g/mol. The van der Waals surface area contributed by atoms with Gasteiger partial charge in [0.25, 0.3) is 5.91 Å². The van der Waals surface area contributed by atoms with E-state index in [4.69, 9.17) is 11.6 Å². The van der Waals surface area contributed by atoms with Crippen molar-refractivity contribution in [2.45, 2.75) is 18.7 Å². The third-order valence-electron chi connectivity index (χ3n) is 3.94. The van der Waals surface area contributed by atoms with Crippen molar-refractivity contribution >= 4 is 39.1 Å². The van der Waals surface area contributed by atoms with Gasteiger partial charge in [0.15, 0.2) is 0 Å². The maximum Gasteiger partial charge on any atom is 0.253 e. The largest absolute Gasteiger partial charge is 0.343 e. The maximum absolute atomic E-state index is 12.3. The normalized spacial score (nSPS) is 11.3. The Morgan fingerprint density at radius 1 is 1.26 bits per heavy atom. The van der Waals surface area contributed by atoms with Gasteiger partial charge >= 0.3 is 0 Å². The second-order valence-electron chi connectivity index (χ2n) is 5.75. The van der Waals surface area contributed by atoms with Crippen LogP contribution in [0.3, 0.4) is 0 Å². The van der Waals surface area contributed by atoms with Gasteiger partial charge in [0.1, 0.15) is 0 Å². The molecule has 2 aromatic rings. The molecule has 0 aliphatic carbocycles. The summed E-state index contributed by atoms with van der Waals surface area (Å²) in [5.74, 6) is -1.11. The van der Waals surface area contributed by atoms with Gasteiger partial charge in [0.05, 0.1) is 39.1 Å². The van der Waals surface area contributed by atoms with E-state index in [9.17, 15) is 18.0 Å². The lowest BCUT2D eigenvalue weighted by atomic mass is 10.2. The molecule has 0 saturated carbocycles. The summed E-state index contributed by atoms with van der Waals surface area (Å²) in [6, 6.07) is 3.74. The summed E-state index contributed by atoms with van der Waals surface area (Å²) in [5.41, 5.74) is 1.97. The number of nitrogens with one attached hydrogen (secondary N) is 3. The zero-order valence-electron chi connectivity index (χ0n) is 15.3. The molecule has 0 fully saturated rings. The van der Waals surface area contributed by atoms with E-state index in [2.05, 4.69) is 20.5 Å². The first-order valence-electron chi connectivity index (χ1n) is 7.88. The number of hydrogen-bond acceptors (Lipinski definition) is 5. The third kappa shape index (κ3) is 4.65. The lowest BCUT2D eigenvalue weighted by molar-refractivity contribution is -0.115. The summed E-state index contributed by atoms with van der Waals surface area (Å²) < 4.78 is 27.5. The van der Waals surface area contributed by atoms with Gasteiger partial charge in [0, 0.05) is 7.05 Å². The van der Waals surface area contributed by atoms with Gasteiger partial charge in [-0.15, -0.1) is 0 Å². The van der Waals surface area contributed by atoms with Gasteiger partial charge < -0.3 is 10.6 Å². The first-order valence-corrected chi connectivity index (χ1v) is 9.74. The van der Waals surface area contributed by atoms with Crippen LogP contribution < -0.4 is 15.4 Å². The number of anilines is 1. The van der Waals surface area contributed by atoms with Gasteiger partial charge in [-0.3, -0.25) is 14.3 Å². The Balaban J connectivity index is 2.09. The van der Waals surface area contributed by atoms with Crippen LogP contribution in [-0.2, 0) is 21.9 Å². The fourth-order valence-electron chi connectivity index (χ4n) is 2.36. The number of hydrogen-bond donors (Lipinski definition) is 3. The Morgan fingerprint density at radius 2 is 1.93 bits per heavy atom. The molecule has 11 heteroatoms. The van der Waals surface area contributed by atoms with E-state index in [0.29, 0.717) is 11.4 Å². The molecule has 2 amide bonds. The van der Waals surface area contributed by atoms with Crippen LogP contribution in [0.1, 0.15) is 21.7 Å². The van der Waals surface area contributed by atoms with Gasteiger partial charge in [-0.05, 0) is 39.1 Å². The highest BCUT2D eigenvalue weighted by Gasteiger charge is 2.18. The highest BCUT2D eigenvalue weighted by atomic mass is 35.5. The molecule has 1 heterocycles. The fourth-order valence-corrected chi connectivity index (χ4v) is 3.32. The number of halogens is 1. The lowest BCUT2D eigenvalue weighted by Gasteiger charge is -2.10. The van der Waals surface area contributed by atoms with Crippen molar-refractivity contribution in [3.8, 4) is 0 Å². The first-order chi connectivity index (χ1) is 12.6. The van der Waals surface area contributed by atoms with E-state index in [1.165, 1.54) is 19.2 Å². The van der Waals surface area contributed by atoms with Gasteiger partial charge in [-0.2, -0.15) is 5.10 Å². The molecule has 27 heavy (non-hydrogen) atoms. The van der Waals surface area contributed by atoms with E-state index in [1.807, 2.05) is 6.92 Å². The molecule has 0 saturated heterocycles. The smallest absolute Gasteiger partial charge is 0.253 e. The molecule has 0 unspecified atom stereocenters. The molecule has 9 nitrogen and oxygen atoms in total. The van der Waals surface area contributed by atoms with Crippen molar-refractivity contribution in [1.29, 1.82) is 0 Å². The van der Waals surface area contributed by atoms with Crippen LogP contribution in [-0.4, -0.2) is 43.6 Å². The van der Waals surface area contributed by atoms with Crippen LogP contribution in [0.5, 0.6) is 0 Å². The predicted molar refractivity (Wildman–Crippen MR) is 101 cm³/mol. The number of aromatic nitrogens is 2. The average Bonchev–Trinajstić information content (AvgIpc) is 2.86. The summed E-state index contributed by atoms with van der Waals surface area (Å²) in [5, 5.41) is 9.38. The van der Waals surface area contributed by atoms with E-state index in [0.717, 1.165) is 11.8 Å². The quantitative estimate of drug-likeness (QED) is 0.651. The van der Waals surface area contributed by atoms with Crippen molar-refractivity contribution in [1.82, 2.24) is 19.8 Å². The zero-order valence-corrected chi connectivity index (χ0v) is 16.8. The molecule has 146 valence electrons. The minimum atomic E-state index is -3.73. The number of sulfonamides is 1. The number of amides is 2. The monoisotopic (exact) mass is 413 g/mol. The minimum Gasteiger partial charge on any atom is -0.343 e. The van der Waals surface area contributed by atoms with Crippen molar-refractivity contribution in [3.63, 3.8) is 0 Å². The summed E-state index contributed by atoms with van der Waals surface area (Å²) >= 11 is 5.99. The number of aryl methyl sites for hydroxylation is 2. The topological polar surface area (TPSA) is 122 Å². The van der Waals surface area contributed by atoms with Crippen LogP contribution in [0.15, 0.2) is 23.1 Å². The molecule has 2 rings (SSSR count). The standard InChI is InChI=1S/C16H20ClN5O4S/c1-9-15(10(2)22(4)21-9)20-14(23)8-19-16(24)12-7-11(5-6-13(12)17)27(25,26)18-3/h5-7,18H,8H2,1-4H3,(H,19,24)(H,20,23). The second-order valence-corrected chi connectivity index (χ2v) is 8.04. The Bertz CT molecular complexity index is 1000. The van der Waals surface area contributed by atoms with Gasteiger partial charge in [-0.1, -0.05) is 11.6 Å². The fraction of sp³-hybridized carbons (Fsp3) is 0.312. The number of rotatable bonds is 6. The number of carbonyl (C=O) groups is 2. The van der Waals surface area contributed by atoms with Gasteiger partial charge in [0.2, 0.25) is 15.9 Å². The second kappa shape index (κ2) is 8.07. The van der Waals surface area contributed by atoms with E-state index < -0.39 is 21.8 Å². The number of carbonyl (C=O) groups excluding carboxylic acids is 2. The van der Waals surface area contributed by atoms with Crippen LogP contribution in [0, 0.1) is 13.8 Å². The minimum absolute atomic E-state index is 0.0467. The molecule has 1 aromatic heterocycles. The Hall–Kier alpha value is -2.43. The molecular weight excluding hydrogens is 394 g/mol. The first kappa shape index (κ1) is 20.9. The van der Waals surface area contributed by atoms with Crippen LogP contribution in [0.2, 0.25) is 5.02 Å². The predicted octanol–water partition coefficient (Wildman–Crippen LogP) is 0.967. The van der Waals surface area contributed by atoms with E-state index in [1.54, 1.807) is 18.7 Å². The molecular formula is C16H20ClN5O4S. The summed E-state index contributed by atoms with van der Waals surface area (Å²) in [4.78, 5) is 24.3. The lowest BCUT2D eigenvalue weighted by Crippen LogP contribution is -2.33. The van der Waals surface area contributed by atoms with E-state index >= 15 is 0 Å². The maximum atomic E-state index is 12.3. The van der Waals surface area contributed by atoms with Crippen LogP contribution >= 0.6 is 11.6 Å². The molecule has 0 radical (unpaired) electrons. The molecule has 0 aliphatic heterocycles. The summed E-state index contributed by atoms with van der Waals surface area (Å²) in [6.07, 6.45) is 0. The zero-order chi connectivity index (χ0) is 20.4. The Kier molecular flexibility index (Phi) is 6.24. The SMILES string of the molecule is CNS(=O)(=O)c1ccc(Cl)c(C(=O)NCC(=O)Nc2c(C)nn(C)c2C)c1. The summed E-state index contributed by atoms with van der Waals surface area (Å²) in [6.45, 7) is 3.25. The van der Waals surface area contributed by atoms with E-state index in [-0.39, 0.29) is 22.0 Å². The third-order valence-corrected chi connectivity index (χ3v) is 5.69. The highest BCUT2D eigenvalue weighted by Crippen LogP contribution is 2.21. The molecule has 0 bridgehead atoms. The Labute approximate surface area is 162 Å². The highest BCUT2D eigenvalue weighted by molar-refractivity contribution is 7.89. The summed E-state index contributed by atoms with van der Waals surface area (Å²) in [7, 11) is -0.709. The van der Waals surface area contributed by atoms with Crippen LogP contribution in [0.25, 0.3) is 0 Å².